The summed E-state index contributed by atoms with van der Waals surface area (Å²) in [7, 11) is -4.41. The Bertz CT molecular complexity index is 1820. The van der Waals surface area contributed by atoms with Gasteiger partial charge in [0.25, 0.3) is 10.0 Å². The van der Waals surface area contributed by atoms with Gasteiger partial charge < -0.3 is 19.7 Å². The molecule has 0 saturated heterocycles. The highest BCUT2D eigenvalue weighted by Crippen LogP contribution is 2.34. The Hall–Kier alpha value is -4.42. The molecule has 2 amide bonds. The van der Waals surface area contributed by atoms with E-state index in [0.29, 0.717) is 12.4 Å². The molecule has 9 nitrogen and oxygen atoms in total. The van der Waals surface area contributed by atoms with E-state index in [2.05, 4.69) is 21.2 Å². The van der Waals surface area contributed by atoms with Gasteiger partial charge >= 0.3 is 0 Å². The van der Waals surface area contributed by atoms with Crippen molar-refractivity contribution in [3.63, 3.8) is 0 Å². The van der Waals surface area contributed by atoms with Crippen molar-refractivity contribution in [1.82, 2.24) is 10.2 Å². The maximum atomic E-state index is 14.5. The van der Waals surface area contributed by atoms with Gasteiger partial charge in [-0.15, -0.1) is 0 Å². The van der Waals surface area contributed by atoms with Gasteiger partial charge in [-0.25, -0.2) is 12.8 Å². The largest absolute Gasteiger partial charge is 0.486 e. The molecule has 0 bridgehead atoms. The molecular formula is C35H35BrFN3O6S. The number of hydrogen-bond acceptors (Lipinski definition) is 6. The van der Waals surface area contributed by atoms with Crippen LogP contribution in [0.3, 0.4) is 0 Å². The Morgan fingerprint density at radius 2 is 1.55 bits per heavy atom. The molecule has 0 aliphatic carbocycles. The van der Waals surface area contributed by atoms with Crippen molar-refractivity contribution < 1.29 is 31.9 Å². The molecule has 1 heterocycles. The topological polar surface area (TPSA) is 105 Å². The van der Waals surface area contributed by atoms with Crippen LogP contribution in [-0.4, -0.2) is 57.0 Å². The number of hydrogen-bond donors (Lipinski definition) is 1. The van der Waals surface area contributed by atoms with Gasteiger partial charge in [-0.1, -0.05) is 58.4 Å². The van der Waals surface area contributed by atoms with Gasteiger partial charge in [0.1, 0.15) is 31.6 Å². The SMILES string of the molecule is CC(C)NC(=O)[C@@H](Cc1ccccc1)N(Cc1cccc(Br)c1)C(=O)CN(c1ccc(F)cc1)S(=O)(=O)c1ccc2c(c1)OCCO2. The number of rotatable bonds is 12. The van der Waals surface area contributed by atoms with E-state index in [1.54, 1.807) is 0 Å². The number of benzene rings is 4. The number of nitrogens with one attached hydrogen (secondary N) is 1. The number of carbonyl (C=O) groups is 2. The van der Waals surface area contributed by atoms with E-state index in [-0.39, 0.29) is 47.9 Å². The summed E-state index contributed by atoms with van der Waals surface area (Å²) in [6.07, 6.45) is 0.185. The number of carbonyl (C=O) groups excluding carboxylic acids is 2. The number of amides is 2. The van der Waals surface area contributed by atoms with Crippen LogP contribution in [-0.2, 0) is 32.6 Å². The van der Waals surface area contributed by atoms with E-state index in [9.17, 15) is 22.4 Å². The third-order valence-electron chi connectivity index (χ3n) is 7.44. The van der Waals surface area contributed by atoms with E-state index >= 15 is 0 Å². The summed E-state index contributed by atoms with van der Waals surface area (Å²) >= 11 is 3.48. The summed E-state index contributed by atoms with van der Waals surface area (Å²) < 4.78 is 55.5. The second kappa shape index (κ2) is 15.0. The highest BCUT2D eigenvalue weighted by Gasteiger charge is 2.35. The second-order valence-corrected chi connectivity index (χ2v) is 14.1. The van der Waals surface area contributed by atoms with Crippen molar-refractivity contribution in [3.8, 4) is 11.5 Å². The smallest absolute Gasteiger partial charge is 0.264 e. The van der Waals surface area contributed by atoms with Gasteiger partial charge in [0.05, 0.1) is 10.6 Å². The molecular weight excluding hydrogens is 689 g/mol. The maximum absolute atomic E-state index is 14.5. The lowest BCUT2D eigenvalue weighted by atomic mass is 10.0. The van der Waals surface area contributed by atoms with Crippen LogP contribution in [0.2, 0.25) is 0 Å². The van der Waals surface area contributed by atoms with Gasteiger partial charge in [-0.3, -0.25) is 13.9 Å². The van der Waals surface area contributed by atoms with Crippen LogP contribution in [0.15, 0.2) is 106 Å². The number of fused-ring (bicyclic) bond motifs is 1. The number of halogens is 2. The molecule has 0 saturated carbocycles. The first kappa shape index (κ1) is 33.9. The molecule has 0 unspecified atom stereocenters. The van der Waals surface area contributed by atoms with Crippen LogP contribution >= 0.6 is 15.9 Å². The van der Waals surface area contributed by atoms with Gasteiger partial charge in [0.2, 0.25) is 11.8 Å². The van der Waals surface area contributed by atoms with Crippen LogP contribution in [0.25, 0.3) is 0 Å². The summed E-state index contributed by atoms with van der Waals surface area (Å²) in [4.78, 5) is 29.6. The average Bonchev–Trinajstić information content (AvgIpc) is 3.05. The molecule has 4 aromatic carbocycles. The first-order valence-electron chi connectivity index (χ1n) is 15.1. The fourth-order valence-corrected chi connectivity index (χ4v) is 7.09. The lowest BCUT2D eigenvalue weighted by molar-refractivity contribution is -0.140. The molecule has 0 radical (unpaired) electrons. The second-order valence-electron chi connectivity index (χ2n) is 11.3. The zero-order valence-corrected chi connectivity index (χ0v) is 28.3. The predicted molar refractivity (Wildman–Crippen MR) is 180 cm³/mol. The monoisotopic (exact) mass is 723 g/mol. The maximum Gasteiger partial charge on any atom is 0.264 e. The zero-order chi connectivity index (χ0) is 33.6. The summed E-state index contributed by atoms with van der Waals surface area (Å²) in [5, 5.41) is 2.93. The molecule has 1 N–H and O–H groups in total. The molecule has 47 heavy (non-hydrogen) atoms. The van der Waals surface area contributed by atoms with Crippen molar-refractivity contribution >= 4 is 43.5 Å². The van der Waals surface area contributed by atoms with Crippen LogP contribution in [0.1, 0.15) is 25.0 Å². The Morgan fingerprint density at radius 3 is 2.23 bits per heavy atom. The summed E-state index contributed by atoms with van der Waals surface area (Å²) in [6, 6.07) is 24.5. The predicted octanol–water partition coefficient (Wildman–Crippen LogP) is 5.72. The van der Waals surface area contributed by atoms with Crippen molar-refractivity contribution in [2.75, 3.05) is 24.1 Å². The minimum atomic E-state index is -4.41. The van der Waals surface area contributed by atoms with E-state index in [1.807, 2.05) is 68.4 Å². The first-order valence-corrected chi connectivity index (χ1v) is 17.3. The van der Waals surface area contributed by atoms with Crippen molar-refractivity contribution in [3.05, 3.63) is 118 Å². The van der Waals surface area contributed by atoms with Crippen LogP contribution in [0.5, 0.6) is 11.5 Å². The Labute approximate surface area is 282 Å². The van der Waals surface area contributed by atoms with E-state index < -0.39 is 34.3 Å². The van der Waals surface area contributed by atoms with Gasteiger partial charge in [-0.05, 0) is 73.5 Å². The Kier molecular flexibility index (Phi) is 10.8. The van der Waals surface area contributed by atoms with Crippen molar-refractivity contribution in [2.45, 2.75) is 43.8 Å². The number of sulfonamides is 1. The van der Waals surface area contributed by atoms with Crippen LogP contribution < -0.4 is 19.1 Å². The van der Waals surface area contributed by atoms with Crippen molar-refractivity contribution in [2.24, 2.45) is 0 Å². The molecule has 1 atom stereocenters. The molecule has 246 valence electrons. The first-order chi connectivity index (χ1) is 22.5. The molecule has 0 aromatic heterocycles. The molecule has 0 spiro atoms. The molecule has 12 heteroatoms. The number of anilines is 1. The third-order valence-corrected chi connectivity index (χ3v) is 9.70. The molecule has 5 rings (SSSR count). The lowest BCUT2D eigenvalue weighted by Gasteiger charge is -2.34. The minimum Gasteiger partial charge on any atom is -0.486 e. The van der Waals surface area contributed by atoms with E-state index in [0.717, 1.165) is 32.0 Å². The fraction of sp³-hybridized carbons (Fsp3) is 0.257. The quantitative estimate of drug-likeness (QED) is 0.201. The van der Waals surface area contributed by atoms with E-state index in [4.69, 9.17) is 9.47 Å². The van der Waals surface area contributed by atoms with Crippen LogP contribution in [0.4, 0.5) is 10.1 Å². The highest BCUT2D eigenvalue weighted by atomic mass is 79.9. The molecule has 1 aliphatic rings. The fourth-order valence-electron chi connectivity index (χ4n) is 5.21. The molecule has 0 fully saturated rings. The van der Waals surface area contributed by atoms with Crippen LogP contribution in [0, 0.1) is 5.82 Å². The normalized spacial score (nSPS) is 13.1. The van der Waals surface area contributed by atoms with Gasteiger partial charge in [-0.2, -0.15) is 0 Å². The van der Waals surface area contributed by atoms with Gasteiger partial charge in [0.15, 0.2) is 11.5 Å². The number of ether oxygens (including phenoxy) is 2. The third kappa shape index (κ3) is 8.49. The summed E-state index contributed by atoms with van der Waals surface area (Å²) in [6.45, 7) is 3.58. The zero-order valence-electron chi connectivity index (χ0n) is 25.9. The Balaban J connectivity index is 1.57. The minimum absolute atomic E-state index is 0.0165. The number of nitrogens with zero attached hydrogens (tertiary/aromatic N) is 2. The van der Waals surface area contributed by atoms with E-state index in [1.165, 1.54) is 35.2 Å². The highest BCUT2D eigenvalue weighted by molar-refractivity contribution is 9.10. The Morgan fingerprint density at radius 1 is 0.872 bits per heavy atom. The average molecular weight is 725 g/mol. The molecule has 1 aliphatic heterocycles. The summed E-state index contributed by atoms with van der Waals surface area (Å²) in [5.74, 6) is -0.918. The standard InChI is InChI=1S/C35H35BrFN3O6S/c1-24(2)38-35(42)31(20-25-7-4-3-5-8-25)39(22-26-9-6-10-27(36)19-26)34(41)23-40(29-13-11-28(37)12-14-29)47(43,44)30-15-16-32-33(21-30)46-18-17-45-32/h3-16,19,21,24,31H,17-18,20,22-23H2,1-2H3,(H,38,42)/t31-/m1/s1. The lowest BCUT2D eigenvalue weighted by Crippen LogP contribution is -2.54. The summed E-state index contributed by atoms with van der Waals surface area (Å²) in [5.41, 5.74) is 1.62. The van der Waals surface area contributed by atoms with Gasteiger partial charge in [0, 0.05) is 29.5 Å². The molecule has 4 aromatic rings. The van der Waals surface area contributed by atoms with Crippen molar-refractivity contribution in [1.29, 1.82) is 0 Å².